The normalized spacial score (nSPS) is 10.8. The van der Waals surface area contributed by atoms with Crippen molar-refractivity contribution in [3.05, 3.63) is 33.3 Å². The molecular weight excluding hydrogens is 316 g/mol. The Morgan fingerprint density at radius 2 is 2.00 bits per heavy atom. The van der Waals surface area contributed by atoms with Crippen LogP contribution in [0.5, 0.6) is 0 Å². The Labute approximate surface area is 122 Å². The number of hydrogen-bond acceptors (Lipinski definition) is 3. The van der Waals surface area contributed by atoms with Gasteiger partial charge in [0.05, 0.1) is 6.61 Å². The van der Waals surface area contributed by atoms with Gasteiger partial charge in [-0.15, -0.1) is 0 Å². The van der Waals surface area contributed by atoms with Crippen LogP contribution in [0.4, 0.5) is 0 Å². The first-order valence-corrected chi connectivity index (χ1v) is 7.25. The van der Waals surface area contributed by atoms with Gasteiger partial charge in [0.25, 0.3) is 0 Å². The van der Waals surface area contributed by atoms with Gasteiger partial charge >= 0.3 is 0 Å². The van der Waals surface area contributed by atoms with Crippen LogP contribution in [0, 0.1) is 0 Å². The quantitative estimate of drug-likeness (QED) is 0.681. The second-order valence-corrected chi connectivity index (χ2v) is 5.33. The third kappa shape index (κ3) is 6.71. The van der Waals surface area contributed by atoms with E-state index in [0.717, 1.165) is 54.3 Å². The van der Waals surface area contributed by atoms with E-state index in [4.69, 9.17) is 16.3 Å². The molecule has 0 aliphatic rings. The molecule has 0 saturated heterocycles. The highest BCUT2D eigenvalue weighted by Crippen LogP contribution is 2.20. The minimum atomic E-state index is 0.766. The molecule has 18 heavy (non-hydrogen) atoms. The maximum absolute atomic E-state index is 6.13. The fourth-order valence-corrected chi connectivity index (χ4v) is 2.27. The molecule has 0 atom stereocenters. The van der Waals surface area contributed by atoms with Crippen molar-refractivity contribution in [3.63, 3.8) is 0 Å². The molecule has 3 nitrogen and oxygen atoms in total. The summed E-state index contributed by atoms with van der Waals surface area (Å²) < 4.78 is 5.97. The van der Waals surface area contributed by atoms with Crippen molar-refractivity contribution in [2.75, 3.05) is 33.4 Å². The van der Waals surface area contributed by atoms with Gasteiger partial charge in [0.15, 0.2) is 0 Å². The van der Waals surface area contributed by atoms with Gasteiger partial charge < -0.3 is 15.4 Å². The third-order valence-electron chi connectivity index (χ3n) is 2.52. The van der Waals surface area contributed by atoms with E-state index in [1.807, 2.05) is 18.2 Å². The SMILES string of the molecule is COCCNCCCNCc1ccc(Br)cc1Cl. The van der Waals surface area contributed by atoms with Crippen molar-refractivity contribution in [1.82, 2.24) is 10.6 Å². The highest BCUT2D eigenvalue weighted by atomic mass is 79.9. The van der Waals surface area contributed by atoms with Crippen LogP contribution < -0.4 is 10.6 Å². The average Bonchev–Trinajstić information content (AvgIpc) is 2.35. The van der Waals surface area contributed by atoms with Crippen molar-refractivity contribution in [2.24, 2.45) is 0 Å². The molecule has 2 N–H and O–H groups in total. The monoisotopic (exact) mass is 334 g/mol. The van der Waals surface area contributed by atoms with Crippen LogP contribution in [0.2, 0.25) is 5.02 Å². The Bertz CT molecular complexity index is 350. The molecule has 0 spiro atoms. The van der Waals surface area contributed by atoms with E-state index in [9.17, 15) is 0 Å². The van der Waals surface area contributed by atoms with E-state index in [-0.39, 0.29) is 0 Å². The molecule has 1 aromatic rings. The predicted molar refractivity (Wildman–Crippen MR) is 80.2 cm³/mol. The van der Waals surface area contributed by atoms with Gasteiger partial charge in [0.1, 0.15) is 0 Å². The summed E-state index contributed by atoms with van der Waals surface area (Å²) in [4.78, 5) is 0. The second kappa shape index (κ2) is 9.75. The fraction of sp³-hybridized carbons (Fsp3) is 0.538. The standard InChI is InChI=1S/C13H20BrClN2O/c1-18-8-7-16-5-2-6-17-10-11-3-4-12(14)9-13(11)15/h3-4,9,16-17H,2,5-8,10H2,1H3. The van der Waals surface area contributed by atoms with E-state index in [1.54, 1.807) is 7.11 Å². The molecule has 5 heteroatoms. The summed E-state index contributed by atoms with van der Waals surface area (Å²) in [6.45, 7) is 4.47. The third-order valence-corrected chi connectivity index (χ3v) is 3.37. The Balaban J connectivity index is 2.07. The van der Waals surface area contributed by atoms with Gasteiger partial charge in [-0.05, 0) is 37.2 Å². The predicted octanol–water partition coefficient (Wildman–Crippen LogP) is 2.82. The van der Waals surface area contributed by atoms with Gasteiger partial charge in [-0.25, -0.2) is 0 Å². The number of methoxy groups -OCH3 is 1. The van der Waals surface area contributed by atoms with Crippen LogP contribution in [0.3, 0.4) is 0 Å². The molecule has 1 aromatic carbocycles. The van der Waals surface area contributed by atoms with Crippen LogP contribution in [0.15, 0.2) is 22.7 Å². The Morgan fingerprint density at radius 1 is 1.22 bits per heavy atom. The van der Waals surface area contributed by atoms with Crippen LogP contribution in [-0.2, 0) is 11.3 Å². The first-order chi connectivity index (χ1) is 8.74. The Morgan fingerprint density at radius 3 is 2.72 bits per heavy atom. The van der Waals surface area contributed by atoms with E-state index in [0.29, 0.717) is 0 Å². The molecule has 1 rings (SSSR count). The van der Waals surface area contributed by atoms with Crippen molar-refractivity contribution in [3.8, 4) is 0 Å². The number of ether oxygens (including phenoxy) is 1. The van der Waals surface area contributed by atoms with Gasteiger partial charge in [-0.1, -0.05) is 33.6 Å². The number of hydrogen-bond donors (Lipinski definition) is 2. The molecule has 0 unspecified atom stereocenters. The van der Waals surface area contributed by atoms with E-state index < -0.39 is 0 Å². The molecular formula is C13H20BrClN2O. The smallest absolute Gasteiger partial charge is 0.0587 e. The zero-order chi connectivity index (χ0) is 13.2. The zero-order valence-electron chi connectivity index (χ0n) is 10.6. The minimum Gasteiger partial charge on any atom is -0.383 e. The van der Waals surface area contributed by atoms with Crippen molar-refractivity contribution < 1.29 is 4.74 Å². The number of benzene rings is 1. The van der Waals surface area contributed by atoms with Crippen LogP contribution >= 0.6 is 27.5 Å². The van der Waals surface area contributed by atoms with Gasteiger partial charge in [0, 0.05) is 29.7 Å². The molecule has 102 valence electrons. The number of rotatable bonds is 9. The number of halogens is 2. The fourth-order valence-electron chi connectivity index (χ4n) is 1.53. The Kier molecular flexibility index (Phi) is 8.63. The lowest BCUT2D eigenvalue weighted by Gasteiger charge is -2.08. The van der Waals surface area contributed by atoms with E-state index in [1.165, 1.54) is 0 Å². The Hall–Kier alpha value is -0.130. The summed E-state index contributed by atoms with van der Waals surface area (Å²) in [5.74, 6) is 0. The summed E-state index contributed by atoms with van der Waals surface area (Å²) in [5, 5.41) is 7.49. The van der Waals surface area contributed by atoms with Crippen molar-refractivity contribution in [1.29, 1.82) is 0 Å². The van der Waals surface area contributed by atoms with Crippen LogP contribution in [0.1, 0.15) is 12.0 Å². The summed E-state index contributed by atoms with van der Waals surface area (Å²) >= 11 is 9.53. The molecule has 0 saturated carbocycles. The lowest BCUT2D eigenvalue weighted by Crippen LogP contribution is -2.24. The molecule has 0 fully saturated rings. The molecule has 0 aliphatic carbocycles. The van der Waals surface area contributed by atoms with E-state index >= 15 is 0 Å². The lowest BCUT2D eigenvalue weighted by atomic mass is 10.2. The summed E-state index contributed by atoms with van der Waals surface area (Å²) in [7, 11) is 1.71. The van der Waals surface area contributed by atoms with Crippen molar-refractivity contribution >= 4 is 27.5 Å². The molecule has 0 aromatic heterocycles. The molecule has 0 bridgehead atoms. The lowest BCUT2D eigenvalue weighted by molar-refractivity contribution is 0.199. The molecule has 0 amide bonds. The van der Waals surface area contributed by atoms with Crippen LogP contribution in [0.25, 0.3) is 0 Å². The summed E-state index contributed by atoms with van der Waals surface area (Å²) in [6.07, 6.45) is 1.10. The van der Waals surface area contributed by atoms with Gasteiger partial charge in [0.2, 0.25) is 0 Å². The van der Waals surface area contributed by atoms with Crippen LogP contribution in [-0.4, -0.2) is 33.4 Å². The van der Waals surface area contributed by atoms with Crippen molar-refractivity contribution in [2.45, 2.75) is 13.0 Å². The molecule has 0 heterocycles. The highest BCUT2D eigenvalue weighted by Gasteiger charge is 2.00. The minimum absolute atomic E-state index is 0.766. The summed E-state index contributed by atoms with van der Waals surface area (Å²) in [5.41, 5.74) is 1.13. The maximum atomic E-state index is 6.13. The average molecular weight is 336 g/mol. The first kappa shape index (κ1) is 15.9. The molecule has 0 aliphatic heterocycles. The van der Waals surface area contributed by atoms with Gasteiger partial charge in [-0.2, -0.15) is 0 Å². The maximum Gasteiger partial charge on any atom is 0.0587 e. The molecule has 0 radical (unpaired) electrons. The second-order valence-electron chi connectivity index (χ2n) is 4.01. The summed E-state index contributed by atoms with van der Waals surface area (Å²) in [6, 6.07) is 5.97. The largest absolute Gasteiger partial charge is 0.383 e. The highest BCUT2D eigenvalue weighted by molar-refractivity contribution is 9.10. The zero-order valence-corrected chi connectivity index (χ0v) is 13.0. The van der Waals surface area contributed by atoms with E-state index in [2.05, 4.69) is 26.6 Å². The number of nitrogens with one attached hydrogen (secondary N) is 2. The van der Waals surface area contributed by atoms with Gasteiger partial charge in [-0.3, -0.25) is 0 Å². The topological polar surface area (TPSA) is 33.3 Å². The first-order valence-electron chi connectivity index (χ1n) is 6.08.